The van der Waals surface area contributed by atoms with E-state index in [9.17, 15) is 4.79 Å². The number of hydrogen-bond acceptors (Lipinski definition) is 3. The normalized spacial score (nSPS) is 11.0. The summed E-state index contributed by atoms with van der Waals surface area (Å²) in [6.07, 6.45) is 2.62. The maximum atomic E-state index is 11.2. The first-order valence-electron chi connectivity index (χ1n) is 7.78. The van der Waals surface area contributed by atoms with Crippen molar-refractivity contribution in [2.75, 3.05) is 6.61 Å². The summed E-state index contributed by atoms with van der Waals surface area (Å²) in [5, 5.41) is 0. The molecule has 0 spiro atoms. The Hall–Kier alpha value is -1.59. The molecule has 0 aliphatic heterocycles. The van der Waals surface area contributed by atoms with E-state index in [0.717, 1.165) is 28.2 Å². The van der Waals surface area contributed by atoms with Crippen molar-refractivity contribution >= 4 is 44.4 Å². The zero-order chi connectivity index (χ0) is 19.5. The molecule has 1 aromatic carbocycles. The fourth-order valence-corrected chi connectivity index (χ4v) is 2.37. The summed E-state index contributed by atoms with van der Waals surface area (Å²) in [7, 11) is 9.53. The van der Waals surface area contributed by atoms with Gasteiger partial charge in [0, 0.05) is 0 Å². The van der Waals surface area contributed by atoms with Gasteiger partial charge in [0.15, 0.2) is 0 Å². The molecule has 5 nitrogen and oxygen atoms in total. The van der Waals surface area contributed by atoms with E-state index in [1.165, 1.54) is 11.8 Å². The van der Waals surface area contributed by atoms with Crippen LogP contribution in [0.25, 0.3) is 0 Å². The van der Waals surface area contributed by atoms with E-state index in [0.29, 0.717) is 6.61 Å². The Kier molecular flexibility index (Phi) is 10.3. The second-order valence-electron chi connectivity index (χ2n) is 5.38. The number of aliphatic imine (C=N–C) groups is 2. The number of rotatable bonds is 4. The average Bonchev–Trinajstić information content (AvgIpc) is 3.01. The number of amides is 1. The summed E-state index contributed by atoms with van der Waals surface area (Å²) in [6, 6.07) is 7.95. The van der Waals surface area contributed by atoms with E-state index < -0.39 is 6.09 Å². The summed E-state index contributed by atoms with van der Waals surface area (Å²) in [4.78, 5) is 22.6. The van der Waals surface area contributed by atoms with Crippen LogP contribution < -0.4 is 0 Å². The minimum absolute atomic E-state index is 0.194. The van der Waals surface area contributed by atoms with Crippen molar-refractivity contribution in [1.82, 2.24) is 4.98 Å². The summed E-state index contributed by atoms with van der Waals surface area (Å²) >= 11 is 0.194. The van der Waals surface area contributed by atoms with E-state index in [4.69, 9.17) is 24.9 Å². The molecule has 0 unspecified atom stereocenters. The number of halogens is 2. The van der Waals surface area contributed by atoms with Crippen LogP contribution in [0, 0.1) is 20.8 Å². The molecule has 8 heteroatoms. The van der Waals surface area contributed by atoms with E-state index >= 15 is 0 Å². The number of ether oxygens (including phenoxy) is 1. The molecule has 1 N–H and O–H groups in total. The molecular formula is C18H21Cl2FeN3O2. The Bertz CT molecular complexity index is 765. The second-order valence-corrected chi connectivity index (χ2v) is 7.21. The van der Waals surface area contributed by atoms with Gasteiger partial charge in [-0.1, -0.05) is 17.7 Å². The van der Waals surface area contributed by atoms with Crippen LogP contribution in [0.2, 0.25) is 0 Å². The molecule has 1 amide bonds. The van der Waals surface area contributed by atoms with E-state index in [1.807, 2.05) is 12.1 Å². The first-order valence-corrected chi connectivity index (χ1v) is 10.8. The second kappa shape index (κ2) is 11.9. The number of carbonyl (C=O) groups excluding carboxylic acids is 1. The molecule has 0 atom stereocenters. The van der Waals surface area contributed by atoms with Gasteiger partial charge >= 0.3 is 39.4 Å². The van der Waals surface area contributed by atoms with Crippen LogP contribution in [-0.4, -0.2) is 30.1 Å². The number of benzene rings is 1. The fourth-order valence-electron chi connectivity index (χ4n) is 2.37. The molecule has 0 saturated heterocycles. The third kappa shape index (κ3) is 7.75. The van der Waals surface area contributed by atoms with Crippen LogP contribution >= 0.6 is 20.2 Å². The summed E-state index contributed by atoms with van der Waals surface area (Å²) in [6.45, 7) is 8.24. The third-order valence-corrected chi connectivity index (χ3v) is 3.28. The molecule has 0 bridgehead atoms. The van der Waals surface area contributed by atoms with Gasteiger partial charge in [-0.15, -0.1) is 0 Å². The van der Waals surface area contributed by atoms with Gasteiger partial charge < -0.3 is 9.72 Å². The first-order chi connectivity index (χ1) is 12.4. The van der Waals surface area contributed by atoms with Crippen LogP contribution in [0.5, 0.6) is 0 Å². The Labute approximate surface area is 168 Å². The number of hydrogen-bond donors (Lipinski definition) is 1. The molecule has 26 heavy (non-hydrogen) atoms. The fraction of sp³-hybridized carbons (Fsp3) is 0.278. The van der Waals surface area contributed by atoms with Crippen molar-refractivity contribution in [3.05, 3.63) is 52.3 Å². The quantitative estimate of drug-likeness (QED) is 0.496. The van der Waals surface area contributed by atoms with Crippen LogP contribution in [0.4, 0.5) is 10.5 Å². The van der Waals surface area contributed by atoms with Crippen molar-refractivity contribution < 1.29 is 22.7 Å². The van der Waals surface area contributed by atoms with Gasteiger partial charge in [0.1, 0.15) is 0 Å². The van der Waals surface area contributed by atoms with E-state index in [-0.39, 0.29) is 13.1 Å². The molecular weight excluding hydrogens is 417 g/mol. The van der Waals surface area contributed by atoms with Crippen LogP contribution in [0.15, 0.2) is 34.3 Å². The summed E-state index contributed by atoms with van der Waals surface area (Å²) in [5.41, 5.74) is 6.07. The molecule has 1 heterocycles. The van der Waals surface area contributed by atoms with Crippen molar-refractivity contribution in [3.63, 3.8) is 0 Å². The monoisotopic (exact) mass is 437 g/mol. The number of nitrogens with zero attached hydrogens (tertiary/aromatic N) is 2. The minimum atomic E-state index is -0.594. The number of nitrogens with one attached hydrogen (secondary N) is 1. The molecule has 142 valence electrons. The predicted octanol–water partition coefficient (Wildman–Crippen LogP) is 5.64. The third-order valence-electron chi connectivity index (χ3n) is 3.28. The molecule has 0 aliphatic rings. The zero-order valence-corrected chi connectivity index (χ0v) is 17.6. The maximum absolute atomic E-state index is 11.2. The Morgan fingerprint density at radius 3 is 2.23 bits per heavy atom. The summed E-state index contributed by atoms with van der Waals surface area (Å²) in [5.74, 6) is 0. The van der Waals surface area contributed by atoms with Gasteiger partial charge in [-0.25, -0.2) is 4.79 Å². The number of aromatic amines is 1. The molecule has 0 aliphatic carbocycles. The SMILES string of the molecule is CCOC(=O)/N=C/c1ccc(C=Nc2c(C)cc(C)cc2C)[nH]1.[Cl][Fe][Cl]. The molecule has 0 saturated carbocycles. The van der Waals surface area contributed by atoms with Gasteiger partial charge in [-0.2, -0.15) is 4.99 Å². The van der Waals surface area contributed by atoms with Crippen LogP contribution in [0.1, 0.15) is 35.0 Å². The Morgan fingerprint density at radius 1 is 1.15 bits per heavy atom. The molecule has 0 fully saturated rings. The number of aromatic nitrogens is 1. The topological polar surface area (TPSA) is 66.8 Å². The summed E-state index contributed by atoms with van der Waals surface area (Å²) < 4.78 is 4.73. The molecule has 2 rings (SSSR count). The van der Waals surface area contributed by atoms with Gasteiger partial charge in [0.2, 0.25) is 0 Å². The Balaban J connectivity index is 0.00000105. The van der Waals surface area contributed by atoms with E-state index in [2.05, 4.69) is 47.9 Å². The van der Waals surface area contributed by atoms with Crippen molar-refractivity contribution in [2.24, 2.45) is 9.98 Å². The molecule has 1 aromatic heterocycles. The van der Waals surface area contributed by atoms with Crippen LogP contribution in [-0.2, 0) is 17.9 Å². The average molecular weight is 438 g/mol. The number of H-pyrrole nitrogens is 1. The van der Waals surface area contributed by atoms with Crippen molar-refractivity contribution in [3.8, 4) is 0 Å². The van der Waals surface area contributed by atoms with Gasteiger partial charge in [-0.3, -0.25) is 4.99 Å². The van der Waals surface area contributed by atoms with E-state index in [1.54, 1.807) is 13.1 Å². The molecule has 2 aromatic rings. The predicted molar refractivity (Wildman–Crippen MR) is 105 cm³/mol. The van der Waals surface area contributed by atoms with Crippen LogP contribution in [0.3, 0.4) is 0 Å². The van der Waals surface area contributed by atoms with Crippen molar-refractivity contribution in [2.45, 2.75) is 27.7 Å². The van der Waals surface area contributed by atoms with Gasteiger partial charge in [-0.05, 0) is 51.0 Å². The zero-order valence-electron chi connectivity index (χ0n) is 15.0. The number of carbonyl (C=O) groups is 1. The first kappa shape index (κ1) is 22.5. The van der Waals surface area contributed by atoms with Gasteiger partial charge in [0.05, 0.1) is 36.1 Å². The number of aryl methyl sites for hydroxylation is 3. The standard InChI is InChI=1S/C18H21N3O2.2ClH.Fe/c1-5-23-18(22)20-11-16-7-6-15(21-16)10-19-17-13(3)8-12(2)9-14(17)4;;;/h6-11,21H,5H2,1-4H3;2*1H;/q;;;+2/p-2/b19-10?,20-11+;;;. The molecule has 0 radical (unpaired) electrons. The van der Waals surface area contributed by atoms with Gasteiger partial charge in [0.25, 0.3) is 0 Å². The van der Waals surface area contributed by atoms with Crippen molar-refractivity contribution in [1.29, 1.82) is 0 Å². The Morgan fingerprint density at radius 2 is 1.69 bits per heavy atom.